The molecule has 7 atom stereocenters. The van der Waals surface area contributed by atoms with E-state index in [1.54, 1.807) is 6.08 Å². The van der Waals surface area contributed by atoms with E-state index in [0.717, 1.165) is 122 Å². The number of aliphatic hydroxyl groups is 5. The maximum Gasteiger partial charge on any atom is 0.220 e. The predicted octanol–water partition coefficient (Wildman–Crippen LogP) is 15.5. The van der Waals surface area contributed by atoms with Crippen molar-refractivity contribution < 1.29 is 39.8 Å². The number of amides is 1. The van der Waals surface area contributed by atoms with Gasteiger partial charge in [-0.2, -0.15) is 0 Å². The average Bonchev–Trinajstić information content (AvgIpc) is 3.42. The summed E-state index contributed by atoms with van der Waals surface area (Å²) in [4.78, 5) is 13.0. The van der Waals surface area contributed by atoms with Crippen LogP contribution in [0.25, 0.3) is 0 Å². The fraction of sp³-hybridized carbons (Fsp3) is 0.627. The number of aliphatic hydroxyl groups excluding tert-OH is 5. The molecule has 1 aliphatic rings. The molecule has 0 saturated carbocycles. The zero-order valence-electron chi connectivity index (χ0n) is 47.7. The van der Waals surface area contributed by atoms with E-state index in [-0.39, 0.29) is 12.5 Å². The summed E-state index contributed by atoms with van der Waals surface area (Å²) in [6.45, 7) is 3.60. The van der Waals surface area contributed by atoms with Crippen molar-refractivity contribution in [3.05, 3.63) is 146 Å². The Balaban J connectivity index is 2.16. The first-order chi connectivity index (χ1) is 37.3. The monoisotopic (exact) mass is 1060 g/mol. The molecule has 1 fully saturated rings. The molecule has 9 nitrogen and oxygen atoms in total. The fourth-order valence-corrected chi connectivity index (χ4v) is 8.41. The molecule has 0 radical (unpaired) electrons. The molecular formula is C67H109NO8. The molecule has 0 aromatic carbocycles. The summed E-state index contributed by atoms with van der Waals surface area (Å²) in [6, 6.07) is -0.839. The van der Waals surface area contributed by atoms with Gasteiger partial charge in [-0.3, -0.25) is 4.79 Å². The minimum absolute atomic E-state index is 0.201. The van der Waals surface area contributed by atoms with E-state index >= 15 is 0 Å². The van der Waals surface area contributed by atoms with Gasteiger partial charge in [-0.05, 0) is 116 Å². The third-order valence-corrected chi connectivity index (χ3v) is 13.1. The smallest absolute Gasteiger partial charge is 0.220 e. The van der Waals surface area contributed by atoms with Gasteiger partial charge in [0.15, 0.2) is 6.29 Å². The van der Waals surface area contributed by atoms with Crippen LogP contribution < -0.4 is 5.32 Å². The topological polar surface area (TPSA) is 149 Å². The van der Waals surface area contributed by atoms with E-state index in [9.17, 15) is 30.3 Å². The van der Waals surface area contributed by atoms with Crippen LogP contribution in [0.3, 0.4) is 0 Å². The van der Waals surface area contributed by atoms with Crippen LogP contribution in [0.1, 0.15) is 213 Å². The molecule has 1 aliphatic heterocycles. The molecule has 76 heavy (non-hydrogen) atoms. The van der Waals surface area contributed by atoms with Gasteiger partial charge in [-0.1, -0.05) is 237 Å². The molecule has 0 spiro atoms. The Labute approximate surface area is 463 Å². The van der Waals surface area contributed by atoms with Crippen molar-refractivity contribution in [1.82, 2.24) is 5.32 Å². The molecular weight excluding hydrogens is 947 g/mol. The third kappa shape index (κ3) is 43.1. The Morgan fingerprint density at radius 3 is 1.26 bits per heavy atom. The fourth-order valence-electron chi connectivity index (χ4n) is 8.41. The molecule has 7 unspecified atom stereocenters. The normalized spacial score (nSPS) is 19.9. The van der Waals surface area contributed by atoms with Gasteiger partial charge in [-0.25, -0.2) is 0 Å². The van der Waals surface area contributed by atoms with E-state index < -0.39 is 49.5 Å². The highest BCUT2D eigenvalue weighted by atomic mass is 16.7. The molecule has 1 heterocycles. The van der Waals surface area contributed by atoms with Gasteiger partial charge in [0.1, 0.15) is 24.4 Å². The molecule has 430 valence electrons. The average molecular weight is 1060 g/mol. The first-order valence-corrected chi connectivity index (χ1v) is 30.1. The van der Waals surface area contributed by atoms with Crippen molar-refractivity contribution in [1.29, 1.82) is 0 Å². The van der Waals surface area contributed by atoms with Crippen LogP contribution >= 0.6 is 0 Å². The Kier molecular flexibility index (Phi) is 50.2. The number of carbonyl (C=O) groups is 1. The lowest BCUT2D eigenvalue weighted by atomic mass is 9.99. The number of allylic oxidation sites excluding steroid dienone is 23. The predicted molar refractivity (Wildman–Crippen MR) is 322 cm³/mol. The summed E-state index contributed by atoms with van der Waals surface area (Å²) in [5, 5.41) is 54.4. The zero-order chi connectivity index (χ0) is 55.0. The van der Waals surface area contributed by atoms with Crippen LogP contribution in [-0.4, -0.2) is 87.5 Å². The van der Waals surface area contributed by atoms with Crippen molar-refractivity contribution >= 4 is 5.91 Å². The van der Waals surface area contributed by atoms with Gasteiger partial charge < -0.3 is 40.3 Å². The maximum absolute atomic E-state index is 13.0. The van der Waals surface area contributed by atoms with Crippen molar-refractivity contribution in [2.75, 3.05) is 13.2 Å². The second-order valence-corrected chi connectivity index (χ2v) is 20.0. The SMILES string of the molecule is CC/C=C\C/C=C\C/C=C\C/C=C\C/C=C\C/C=C\C/C=C\C/C=C\C/C=C\CCCCCCCCCCCCCC(=O)NC(COC1OC(CO)C(O)C(O)C1O)C(O)/C=C/CC/C=C/CC/C=C/CCCCCC. The summed E-state index contributed by atoms with van der Waals surface area (Å²) >= 11 is 0. The summed E-state index contributed by atoms with van der Waals surface area (Å²) in [5.74, 6) is -0.201. The Hall–Kier alpha value is -3.93. The third-order valence-electron chi connectivity index (χ3n) is 13.1. The first kappa shape index (κ1) is 70.1. The van der Waals surface area contributed by atoms with Crippen LogP contribution in [0.4, 0.5) is 0 Å². The van der Waals surface area contributed by atoms with Crippen LogP contribution in [-0.2, 0) is 14.3 Å². The number of unbranched alkanes of at least 4 members (excludes halogenated alkanes) is 17. The summed E-state index contributed by atoms with van der Waals surface area (Å²) in [6.07, 6.45) is 77.8. The van der Waals surface area contributed by atoms with Gasteiger partial charge in [0.2, 0.25) is 5.91 Å². The largest absolute Gasteiger partial charge is 0.394 e. The van der Waals surface area contributed by atoms with Crippen LogP contribution in [0.2, 0.25) is 0 Å². The molecule has 1 amide bonds. The second kappa shape index (κ2) is 54.4. The van der Waals surface area contributed by atoms with E-state index in [2.05, 4.69) is 153 Å². The summed E-state index contributed by atoms with van der Waals surface area (Å²) < 4.78 is 11.2. The number of rotatable bonds is 49. The van der Waals surface area contributed by atoms with E-state index in [0.29, 0.717) is 6.42 Å². The van der Waals surface area contributed by atoms with Crippen molar-refractivity contribution in [2.45, 2.75) is 256 Å². The lowest BCUT2D eigenvalue weighted by Crippen LogP contribution is -2.60. The van der Waals surface area contributed by atoms with Crippen LogP contribution in [0, 0.1) is 0 Å². The van der Waals surface area contributed by atoms with Crippen LogP contribution in [0.5, 0.6) is 0 Å². The van der Waals surface area contributed by atoms with Gasteiger partial charge in [0, 0.05) is 6.42 Å². The number of hydrogen-bond acceptors (Lipinski definition) is 8. The van der Waals surface area contributed by atoms with Crippen molar-refractivity contribution in [3.63, 3.8) is 0 Å². The highest BCUT2D eigenvalue weighted by molar-refractivity contribution is 5.76. The first-order valence-electron chi connectivity index (χ1n) is 30.1. The summed E-state index contributed by atoms with van der Waals surface area (Å²) in [7, 11) is 0. The van der Waals surface area contributed by atoms with E-state index in [1.807, 2.05) is 6.08 Å². The lowest BCUT2D eigenvalue weighted by Gasteiger charge is -2.40. The Bertz CT molecular complexity index is 1700. The Morgan fingerprint density at radius 2 is 0.829 bits per heavy atom. The van der Waals surface area contributed by atoms with Gasteiger partial charge in [-0.15, -0.1) is 0 Å². The molecule has 0 aromatic heterocycles. The highest BCUT2D eigenvalue weighted by Gasteiger charge is 2.44. The zero-order valence-corrected chi connectivity index (χ0v) is 47.7. The standard InChI is InChI=1S/C67H109NO8/c1-3-5-7-9-11-13-15-17-19-20-21-22-23-24-25-26-27-28-29-30-31-32-33-34-35-36-37-38-39-40-41-42-43-45-47-49-51-53-55-57-63(71)68-60(59-75-67-66(74)65(73)64(72)62(58-69)76-67)61(70)56-54-52-50-48-46-44-18-16-14-12-10-8-6-4-2/h5,7,11,13-14,16-17,19,21-22,24-25,27-28,30-31,33-34,36-37,46,48,54,56,60-62,64-67,69-70,72-74H,3-4,6,8-10,12,15,18,20,23,26,29,32,35,38-45,47,49-53,55,57-59H2,1-2H3,(H,68,71)/b7-5-,13-11-,16-14+,19-17-,22-21-,25-24-,28-27-,31-30-,34-33-,37-36-,48-46+,56-54+. The summed E-state index contributed by atoms with van der Waals surface area (Å²) in [5.41, 5.74) is 0. The number of ether oxygens (including phenoxy) is 2. The van der Waals surface area contributed by atoms with Crippen molar-refractivity contribution in [3.8, 4) is 0 Å². The molecule has 0 aromatic rings. The van der Waals surface area contributed by atoms with Gasteiger partial charge in [0.25, 0.3) is 0 Å². The van der Waals surface area contributed by atoms with Crippen LogP contribution in [0.15, 0.2) is 146 Å². The molecule has 9 heteroatoms. The Morgan fingerprint density at radius 1 is 0.461 bits per heavy atom. The molecule has 6 N–H and O–H groups in total. The molecule has 0 aliphatic carbocycles. The highest BCUT2D eigenvalue weighted by Crippen LogP contribution is 2.23. The quantitative estimate of drug-likeness (QED) is 0.0261. The minimum Gasteiger partial charge on any atom is -0.394 e. The molecule has 1 saturated heterocycles. The van der Waals surface area contributed by atoms with Gasteiger partial charge in [0.05, 0.1) is 25.4 Å². The number of hydrogen-bond donors (Lipinski definition) is 6. The van der Waals surface area contributed by atoms with E-state index in [1.165, 1.54) is 70.6 Å². The number of carbonyl (C=O) groups excluding carboxylic acids is 1. The van der Waals surface area contributed by atoms with E-state index in [4.69, 9.17) is 9.47 Å². The van der Waals surface area contributed by atoms with Gasteiger partial charge >= 0.3 is 0 Å². The molecule has 1 rings (SSSR count). The van der Waals surface area contributed by atoms with Crippen molar-refractivity contribution in [2.24, 2.45) is 0 Å². The number of nitrogens with one attached hydrogen (secondary N) is 1. The second-order valence-electron chi connectivity index (χ2n) is 20.0. The lowest BCUT2D eigenvalue weighted by molar-refractivity contribution is -0.302. The maximum atomic E-state index is 13.0. The minimum atomic E-state index is -1.58. The molecule has 0 bridgehead atoms.